The molecule has 0 radical (unpaired) electrons. The fourth-order valence-corrected chi connectivity index (χ4v) is 2.01. The topological polar surface area (TPSA) is 49.8 Å². The first-order valence-electron chi connectivity index (χ1n) is 5.99. The molecule has 0 aromatic heterocycles. The van der Waals surface area contributed by atoms with E-state index in [4.69, 9.17) is 4.74 Å². The quantitative estimate of drug-likeness (QED) is 0.819. The number of benzene rings is 1. The summed E-state index contributed by atoms with van der Waals surface area (Å²) < 4.78 is 5.20. The van der Waals surface area contributed by atoms with E-state index in [0.717, 1.165) is 11.3 Å². The molecule has 2 rings (SSSR count). The van der Waals surface area contributed by atoms with E-state index in [1.165, 1.54) is 6.08 Å². The number of hydrogen-bond donors (Lipinski definition) is 1. The molecule has 0 spiro atoms. The minimum absolute atomic E-state index is 0.0718. The van der Waals surface area contributed by atoms with Gasteiger partial charge in [-0.1, -0.05) is 18.2 Å². The normalized spacial score (nSPS) is 19.4. The summed E-state index contributed by atoms with van der Waals surface area (Å²) in [5.74, 6) is 0.667. The van der Waals surface area contributed by atoms with E-state index in [-0.39, 0.29) is 12.0 Å². The van der Waals surface area contributed by atoms with E-state index in [9.17, 15) is 9.90 Å². The first kappa shape index (κ1) is 12.6. The van der Waals surface area contributed by atoms with Crippen LogP contribution in [0.1, 0.15) is 12.0 Å². The van der Waals surface area contributed by atoms with E-state index in [0.29, 0.717) is 19.5 Å². The highest BCUT2D eigenvalue weighted by Gasteiger charge is 2.22. The summed E-state index contributed by atoms with van der Waals surface area (Å²) in [4.78, 5) is 13.5. The Hall–Kier alpha value is -1.81. The molecule has 0 bridgehead atoms. The smallest absolute Gasteiger partial charge is 0.246 e. The van der Waals surface area contributed by atoms with Crippen molar-refractivity contribution >= 4 is 12.0 Å². The van der Waals surface area contributed by atoms with Gasteiger partial charge in [-0.05, 0) is 18.6 Å². The van der Waals surface area contributed by atoms with Gasteiger partial charge in [0.2, 0.25) is 5.91 Å². The van der Waals surface area contributed by atoms with Gasteiger partial charge < -0.3 is 14.7 Å². The summed E-state index contributed by atoms with van der Waals surface area (Å²) in [5.41, 5.74) is 0.869. The number of aliphatic hydroxyl groups excluding tert-OH is 1. The Morgan fingerprint density at radius 1 is 1.50 bits per heavy atom. The lowest BCUT2D eigenvalue weighted by molar-refractivity contribution is -0.125. The van der Waals surface area contributed by atoms with Gasteiger partial charge in [-0.15, -0.1) is 0 Å². The van der Waals surface area contributed by atoms with E-state index < -0.39 is 0 Å². The van der Waals surface area contributed by atoms with E-state index in [2.05, 4.69) is 0 Å². The highest BCUT2D eigenvalue weighted by molar-refractivity contribution is 5.92. The Morgan fingerprint density at radius 2 is 2.28 bits per heavy atom. The summed E-state index contributed by atoms with van der Waals surface area (Å²) >= 11 is 0. The zero-order valence-corrected chi connectivity index (χ0v) is 10.4. The number of likely N-dealkylation sites (tertiary alicyclic amines) is 1. The first-order chi connectivity index (χ1) is 8.70. The summed E-state index contributed by atoms with van der Waals surface area (Å²) in [5, 5.41) is 9.38. The SMILES string of the molecule is COc1ccccc1C=CC(=O)N1CCC(O)C1. The Balaban J connectivity index is 2.04. The number of carbonyl (C=O) groups is 1. The molecular weight excluding hydrogens is 230 g/mol. The molecule has 4 heteroatoms. The molecule has 1 atom stereocenters. The minimum atomic E-state index is -0.381. The maximum absolute atomic E-state index is 11.9. The number of methoxy groups -OCH3 is 1. The zero-order chi connectivity index (χ0) is 13.0. The number of rotatable bonds is 3. The van der Waals surface area contributed by atoms with Crippen molar-refractivity contribution in [1.82, 2.24) is 4.90 Å². The summed E-state index contributed by atoms with van der Waals surface area (Å²) in [6, 6.07) is 7.52. The van der Waals surface area contributed by atoms with Gasteiger partial charge in [-0.2, -0.15) is 0 Å². The van der Waals surface area contributed by atoms with Crippen molar-refractivity contribution in [2.45, 2.75) is 12.5 Å². The van der Waals surface area contributed by atoms with Crippen LogP contribution in [-0.2, 0) is 4.79 Å². The van der Waals surface area contributed by atoms with Crippen LogP contribution >= 0.6 is 0 Å². The maximum atomic E-state index is 11.9. The molecule has 1 heterocycles. The predicted octanol–water partition coefficient (Wildman–Crippen LogP) is 1.30. The molecule has 96 valence electrons. The average Bonchev–Trinajstić information content (AvgIpc) is 2.83. The molecule has 1 aliphatic heterocycles. The number of hydrogen-bond acceptors (Lipinski definition) is 3. The fraction of sp³-hybridized carbons (Fsp3) is 0.357. The first-order valence-corrected chi connectivity index (χ1v) is 5.99. The highest BCUT2D eigenvalue weighted by Crippen LogP contribution is 2.19. The third-order valence-electron chi connectivity index (χ3n) is 3.02. The Labute approximate surface area is 106 Å². The molecule has 1 amide bonds. The molecule has 1 aromatic rings. The second-order valence-electron chi connectivity index (χ2n) is 4.30. The second-order valence-corrected chi connectivity index (χ2v) is 4.30. The monoisotopic (exact) mass is 247 g/mol. The Bertz CT molecular complexity index is 456. The number of β-amino-alcohol motifs (C(OH)–C–C–N with tert-alkyl or cyclic N) is 1. The van der Waals surface area contributed by atoms with Crippen molar-refractivity contribution in [2.75, 3.05) is 20.2 Å². The lowest BCUT2D eigenvalue weighted by Gasteiger charge is -2.12. The van der Waals surface area contributed by atoms with Crippen LogP contribution < -0.4 is 4.74 Å². The molecule has 1 aromatic carbocycles. The van der Waals surface area contributed by atoms with Crippen LogP contribution in [0, 0.1) is 0 Å². The van der Waals surface area contributed by atoms with E-state index in [1.807, 2.05) is 24.3 Å². The third-order valence-corrected chi connectivity index (χ3v) is 3.02. The molecule has 1 aliphatic rings. The average molecular weight is 247 g/mol. The highest BCUT2D eigenvalue weighted by atomic mass is 16.5. The number of amides is 1. The number of para-hydroxylation sites is 1. The molecule has 18 heavy (non-hydrogen) atoms. The molecule has 1 N–H and O–H groups in total. The molecule has 0 saturated carbocycles. The van der Waals surface area contributed by atoms with Crippen LogP contribution in [0.15, 0.2) is 30.3 Å². The number of carbonyl (C=O) groups excluding carboxylic acids is 1. The Morgan fingerprint density at radius 3 is 2.94 bits per heavy atom. The number of ether oxygens (including phenoxy) is 1. The van der Waals surface area contributed by atoms with Crippen LogP contribution in [0.3, 0.4) is 0 Å². The van der Waals surface area contributed by atoms with Crippen LogP contribution in [-0.4, -0.2) is 42.2 Å². The van der Waals surface area contributed by atoms with E-state index in [1.54, 1.807) is 18.1 Å². The fourth-order valence-electron chi connectivity index (χ4n) is 2.01. The molecular formula is C14H17NO3. The van der Waals surface area contributed by atoms with Gasteiger partial charge in [0.1, 0.15) is 5.75 Å². The number of aliphatic hydroxyl groups is 1. The van der Waals surface area contributed by atoms with Crippen molar-refractivity contribution in [3.63, 3.8) is 0 Å². The molecule has 1 fully saturated rings. The largest absolute Gasteiger partial charge is 0.496 e. The standard InChI is InChI=1S/C14H17NO3/c1-18-13-5-3-2-4-11(13)6-7-14(17)15-9-8-12(16)10-15/h2-7,12,16H,8-10H2,1H3. The van der Waals surface area contributed by atoms with Gasteiger partial charge in [0.05, 0.1) is 13.2 Å². The van der Waals surface area contributed by atoms with Crippen molar-refractivity contribution in [3.05, 3.63) is 35.9 Å². The molecule has 1 unspecified atom stereocenters. The molecule has 1 saturated heterocycles. The summed E-state index contributed by atoms with van der Waals surface area (Å²) in [7, 11) is 1.60. The van der Waals surface area contributed by atoms with Gasteiger partial charge >= 0.3 is 0 Å². The Kier molecular flexibility index (Phi) is 3.99. The lowest BCUT2D eigenvalue weighted by atomic mass is 10.2. The van der Waals surface area contributed by atoms with Crippen molar-refractivity contribution < 1.29 is 14.6 Å². The maximum Gasteiger partial charge on any atom is 0.246 e. The molecule has 0 aliphatic carbocycles. The van der Waals surface area contributed by atoms with Gasteiger partial charge in [0.25, 0.3) is 0 Å². The van der Waals surface area contributed by atoms with Crippen LogP contribution in [0.4, 0.5) is 0 Å². The van der Waals surface area contributed by atoms with Gasteiger partial charge in [-0.3, -0.25) is 4.79 Å². The van der Waals surface area contributed by atoms with Gasteiger partial charge in [-0.25, -0.2) is 0 Å². The summed E-state index contributed by atoms with van der Waals surface area (Å²) in [6.07, 6.45) is 3.55. The number of nitrogens with zero attached hydrogens (tertiary/aromatic N) is 1. The van der Waals surface area contributed by atoms with Gasteiger partial charge in [0.15, 0.2) is 0 Å². The van der Waals surface area contributed by atoms with Crippen LogP contribution in [0.5, 0.6) is 5.75 Å². The predicted molar refractivity (Wildman–Crippen MR) is 69.2 cm³/mol. The van der Waals surface area contributed by atoms with E-state index >= 15 is 0 Å². The second kappa shape index (κ2) is 5.69. The lowest BCUT2D eigenvalue weighted by Crippen LogP contribution is -2.27. The van der Waals surface area contributed by atoms with Crippen molar-refractivity contribution in [1.29, 1.82) is 0 Å². The zero-order valence-electron chi connectivity index (χ0n) is 10.4. The summed E-state index contributed by atoms with van der Waals surface area (Å²) in [6.45, 7) is 1.05. The van der Waals surface area contributed by atoms with Crippen LogP contribution in [0.25, 0.3) is 6.08 Å². The third kappa shape index (κ3) is 2.90. The van der Waals surface area contributed by atoms with Gasteiger partial charge in [0, 0.05) is 24.7 Å². The van der Waals surface area contributed by atoms with Crippen LogP contribution in [0.2, 0.25) is 0 Å². The minimum Gasteiger partial charge on any atom is -0.496 e. The van der Waals surface area contributed by atoms with Crippen molar-refractivity contribution in [2.24, 2.45) is 0 Å². The molecule has 4 nitrogen and oxygen atoms in total. The van der Waals surface area contributed by atoms with Crippen molar-refractivity contribution in [3.8, 4) is 5.75 Å².